The second kappa shape index (κ2) is 4.79. The van der Waals surface area contributed by atoms with Gasteiger partial charge in [-0.1, -0.05) is 25.7 Å². The second-order valence-electron chi connectivity index (χ2n) is 4.80. The standard InChI is InChI=1S/C12H21N3/c1-15-7-6-14-12(15)9-11(13)8-10-4-2-3-5-10/h6-7,10-11H,2-5,8-9,13H2,1H3. The van der Waals surface area contributed by atoms with Gasteiger partial charge in [-0.2, -0.15) is 0 Å². The molecule has 1 aromatic rings. The monoisotopic (exact) mass is 207 g/mol. The molecule has 0 saturated heterocycles. The van der Waals surface area contributed by atoms with Crippen molar-refractivity contribution in [2.45, 2.75) is 44.6 Å². The van der Waals surface area contributed by atoms with E-state index in [9.17, 15) is 0 Å². The van der Waals surface area contributed by atoms with Gasteiger partial charge >= 0.3 is 0 Å². The predicted molar refractivity (Wildman–Crippen MR) is 61.5 cm³/mol. The van der Waals surface area contributed by atoms with Crippen molar-refractivity contribution in [3.63, 3.8) is 0 Å². The molecule has 1 unspecified atom stereocenters. The van der Waals surface area contributed by atoms with E-state index in [1.54, 1.807) is 0 Å². The zero-order chi connectivity index (χ0) is 10.7. The van der Waals surface area contributed by atoms with Crippen molar-refractivity contribution >= 4 is 0 Å². The highest BCUT2D eigenvalue weighted by molar-refractivity contribution is 4.94. The summed E-state index contributed by atoms with van der Waals surface area (Å²) in [5.41, 5.74) is 6.16. The average molecular weight is 207 g/mol. The molecule has 0 aromatic carbocycles. The highest BCUT2D eigenvalue weighted by Gasteiger charge is 2.18. The van der Waals surface area contributed by atoms with Crippen LogP contribution in [-0.2, 0) is 13.5 Å². The van der Waals surface area contributed by atoms with Crippen LogP contribution in [0.4, 0.5) is 0 Å². The van der Waals surface area contributed by atoms with Crippen LogP contribution >= 0.6 is 0 Å². The number of nitrogens with zero attached hydrogens (tertiary/aromatic N) is 2. The number of hydrogen-bond acceptors (Lipinski definition) is 2. The molecule has 0 aliphatic heterocycles. The second-order valence-corrected chi connectivity index (χ2v) is 4.80. The van der Waals surface area contributed by atoms with Crippen molar-refractivity contribution in [2.75, 3.05) is 0 Å². The lowest BCUT2D eigenvalue weighted by molar-refractivity contribution is 0.434. The van der Waals surface area contributed by atoms with E-state index in [2.05, 4.69) is 9.55 Å². The molecule has 2 rings (SSSR count). The van der Waals surface area contributed by atoms with Gasteiger partial charge in [0.1, 0.15) is 5.82 Å². The number of imidazole rings is 1. The fourth-order valence-electron chi connectivity index (χ4n) is 2.59. The fourth-order valence-corrected chi connectivity index (χ4v) is 2.59. The Morgan fingerprint density at radius 1 is 1.53 bits per heavy atom. The number of aromatic nitrogens is 2. The molecular formula is C12H21N3. The van der Waals surface area contributed by atoms with E-state index >= 15 is 0 Å². The molecular weight excluding hydrogens is 186 g/mol. The third kappa shape index (κ3) is 2.81. The lowest BCUT2D eigenvalue weighted by atomic mass is 9.97. The highest BCUT2D eigenvalue weighted by atomic mass is 15.0. The molecule has 1 heterocycles. The molecule has 2 N–H and O–H groups in total. The van der Waals surface area contributed by atoms with Crippen LogP contribution in [-0.4, -0.2) is 15.6 Å². The van der Waals surface area contributed by atoms with E-state index in [4.69, 9.17) is 5.73 Å². The lowest BCUT2D eigenvalue weighted by Gasteiger charge is -2.15. The van der Waals surface area contributed by atoms with Crippen LogP contribution in [0.3, 0.4) is 0 Å². The minimum atomic E-state index is 0.286. The topological polar surface area (TPSA) is 43.8 Å². The van der Waals surface area contributed by atoms with Crippen molar-refractivity contribution < 1.29 is 0 Å². The molecule has 3 nitrogen and oxygen atoms in total. The van der Waals surface area contributed by atoms with Crippen molar-refractivity contribution in [2.24, 2.45) is 18.7 Å². The van der Waals surface area contributed by atoms with Gasteiger partial charge in [0.25, 0.3) is 0 Å². The Kier molecular flexibility index (Phi) is 3.41. The molecule has 1 aliphatic rings. The minimum Gasteiger partial charge on any atom is -0.338 e. The van der Waals surface area contributed by atoms with E-state index < -0.39 is 0 Å². The Labute approximate surface area is 91.7 Å². The number of rotatable bonds is 4. The first-order valence-electron chi connectivity index (χ1n) is 5.97. The van der Waals surface area contributed by atoms with Crippen molar-refractivity contribution in [3.05, 3.63) is 18.2 Å². The zero-order valence-corrected chi connectivity index (χ0v) is 9.52. The summed E-state index contributed by atoms with van der Waals surface area (Å²) in [5.74, 6) is 1.99. The predicted octanol–water partition coefficient (Wildman–Crippen LogP) is 1.87. The average Bonchev–Trinajstić information content (AvgIpc) is 2.79. The summed E-state index contributed by atoms with van der Waals surface area (Å²) in [4.78, 5) is 4.31. The third-order valence-electron chi connectivity index (χ3n) is 3.48. The van der Waals surface area contributed by atoms with Gasteiger partial charge < -0.3 is 10.3 Å². The maximum absolute atomic E-state index is 6.16. The molecule has 1 atom stereocenters. The van der Waals surface area contributed by atoms with E-state index in [1.807, 2.05) is 19.4 Å². The molecule has 0 bridgehead atoms. The molecule has 1 aliphatic carbocycles. The first kappa shape index (κ1) is 10.7. The Morgan fingerprint density at radius 2 is 2.27 bits per heavy atom. The zero-order valence-electron chi connectivity index (χ0n) is 9.52. The van der Waals surface area contributed by atoms with Crippen LogP contribution in [0.2, 0.25) is 0 Å². The number of hydrogen-bond donors (Lipinski definition) is 1. The first-order valence-corrected chi connectivity index (χ1v) is 5.97. The molecule has 15 heavy (non-hydrogen) atoms. The van der Waals surface area contributed by atoms with Gasteiger partial charge in [-0.25, -0.2) is 4.98 Å². The molecule has 1 fully saturated rings. The molecule has 0 radical (unpaired) electrons. The number of aryl methyl sites for hydroxylation is 1. The van der Waals surface area contributed by atoms with Crippen LogP contribution in [0.1, 0.15) is 37.9 Å². The molecule has 1 saturated carbocycles. The van der Waals surface area contributed by atoms with Crippen LogP contribution in [0.5, 0.6) is 0 Å². The molecule has 0 amide bonds. The van der Waals surface area contributed by atoms with Gasteiger partial charge in [0.05, 0.1) is 0 Å². The SMILES string of the molecule is Cn1ccnc1CC(N)CC1CCCC1. The van der Waals surface area contributed by atoms with Gasteiger partial charge in [0, 0.05) is 31.9 Å². The molecule has 84 valence electrons. The van der Waals surface area contributed by atoms with E-state index in [-0.39, 0.29) is 6.04 Å². The lowest BCUT2D eigenvalue weighted by Crippen LogP contribution is -2.26. The van der Waals surface area contributed by atoms with E-state index in [0.29, 0.717) is 0 Å². The van der Waals surface area contributed by atoms with Gasteiger partial charge in [-0.3, -0.25) is 0 Å². The van der Waals surface area contributed by atoms with Gasteiger partial charge in [-0.15, -0.1) is 0 Å². The summed E-state index contributed by atoms with van der Waals surface area (Å²) < 4.78 is 2.06. The quantitative estimate of drug-likeness (QED) is 0.819. The number of nitrogens with two attached hydrogens (primary N) is 1. The van der Waals surface area contributed by atoms with Crippen LogP contribution in [0.25, 0.3) is 0 Å². The largest absolute Gasteiger partial charge is 0.338 e. The molecule has 3 heteroatoms. The molecule has 1 aromatic heterocycles. The summed E-state index contributed by atoms with van der Waals surface area (Å²) in [5, 5.41) is 0. The Morgan fingerprint density at radius 3 is 2.87 bits per heavy atom. The van der Waals surface area contributed by atoms with E-state index in [1.165, 1.54) is 32.1 Å². The summed E-state index contributed by atoms with van der Waals surface area (Å²) >= 11 is 0. The van der Waals surface area contributed by atoms with Gasteiger partial charge in [0.15, 0.2) is 0 Å². The summed E-state index contributed by atoms with van der Waals surface area (Å²) in [6, 6.07) is 0.286. The fraction of sp³-hybridized carbons (Fsp3) is 0.750. The smallest absolute Gasteiger partial charge is 0.109 e. The Balaban J connectivity index is 1.81. The van der Waals surface area contributed by atoms with Crippen molar-refractivity contribution in [1.82, 2.24) is 9.55 Å². The minimum absolute atomic E-state index is 0.286. The summed E-state index contributed by atoms with van der Waals surface area (Å²) in [7, 11) is 2.03. The Hall–Kier alpha value is -0.830. The van der Waals surface area contributed by atoms with Gasteiger partial charge in [-0.05, 0) is 12.3 Å². The van der Waals surface area contributed by atoms with Crippen LogP contribution in [0.15, 0.2) is 12.4 Å². The summed E-state index contributed by atoms with van der Waals surface area (Å²) in [6.45, 7) is 0. The highest BCUT2D eigenvalue weighted by Crippen LogP contribution is 2.28. The Bertz CT molecular complexity index is 300. The van der Waals surface area contributed by atoms with Crippen molar-refractivity contribution in [3.8, 4) is 0 Å². The maximum Gasteiger partial charge on any atom is 0.109 e. The normalized spacial score (nSPS) is 19.6. The van der Waals surface area contributed by atoms with Crippen LogP contribution < -0.4 is 5.73 Å². The van der Waals surface area contributed by atoms with E-state index in [0.717, 1.165) is 18.2 Å². The molecule has 0 spiro atoms. The first-order chi connectivity index (χ1) is 7.25. The van der Waals surface area contributed by atoms with Gasteiger partial charge in [0.2, 0.25) is 0 Å². The summed E-state index contributed by atoms with van der Waals surface area (Å²) in [6.07, 6.45) is 11.5. The van der Waals surface area contributed by atoms with Crippen LogP contribution in [0, 0.1) is 5.92 Å². The maximum atomic E-state index is 6.16. The van der Waals surface area contributed by atoms with Crippen molar-refractivity contribution in [1.29, 1.82) is 0 Å². The third-order valence-corrected chi connectivity index (χ3v) is 3.48.